The van der Waals surface area contributed by atoms with Gasteiger partial charge in [-0.25, -0.2) is 0 Å². The summed E-state index contributed by atoms with van der Waals surface area (Å²) in [6, 6.07) is 0. The highest BCUT2D eigenvalue weighted by Gasteiger charge is 2.33. The van der Waals surface area contributed by atoms with E-state index in [1.54, 1.807) is 0 Å². The maximum atomic E-state index is 12.3. The summed E-state index contributed by atoms with van der Waals surface area (Å²) >= 11 is 0. The molecule has 0 aromatic carbocycles. The Morgan fingerprint density at radius 1 is 1.00 bits per heavy atom. The molecule has 0 heterocycles. The molecule has 0 aromatic rings. The van der Waals surface area contributed by atoms with Crippen molar-refractivity contribution in [3.05, 3.63) is 12.2 Å². The van der Waals surface area contributed by atoms with Crippen LogP contribution in [0.2, 0.25) is 0 Å². The zero-order valence-electron chi connectivity index (χ0n) is 18.5. The van der Waals surface area contributed by atoms with Crippen molar-refractivity contribution < 1.29 is 9.90 Å². The van der Waals surface area contributed by atoms with Crippen LogP contribution in [0.15, 0.2) is 12.2 Å². The SMILES string of the molecule is CCCCCCC(O)CC=CCCCCCCCC(=O)C(N)(CC)N(C)C. The van der Waals surface area contributed by atoms with Crippen LogP contribution < -0.4 is 5.73 Å². The van der Waals surface area contributed by atoms with E-state index in [0.717, 1.165) is 38.5 Å². The van der Waals surface area contributed by atoms with Crippen molar-refractivity contribution in [1.82, 2.24) is 4.90 Å². The van der Waals surface area contributed by atoms with Crippen LogP contribution >= 0.6 is 0 Å². The number of aliphatic hydroxyl groups is 1. The molecule has 0 aromatic heterocycles. The summed E-state index contributed by atoms with van der Waals surface area (Å²) in [6.07, 6.45) is 18.7. The fraction of sp³-hybridized carbons (Fsp3) is 0.870. The number of carbonyl (C=O) groups excluding carboxylic acids is 1. The van der Waals surface area contributed by atoms with Crippen LogP contribution in [-0.4, -0.2) is 41.7 Å². The third-order valence-electron chi connectivity index (χ3n) is 5.56. The average Bonchev–Trinajstić information content (AvgIpc) is 2.65. The lowest BCUT2D eigenvalue weighted by atomic mass is 9.96. The predicted octanol–water partition coefficient (Wildman–Crippen LogP) is 5.19. The first kappa shape index (κ1) is 26.3. The molecular formula is C23H46N2O2. The number of allylic oxidation sites excluding steroid dienone is 1. The van der Waals surface area contributed by atoms with Crippen molar-refractivity contribution in [3.63, 3.8) is 0 Å². The van der Waals surface area contributed by atoms with Gasteiger partial charge in [0.1, 0.15) is 5.66 Å². The lowest BCUT2D eigenvalue weighted by Gasteiger charge is -2.33. The van der Waals surface area contributed by atoms with E-state index in [9.17, 15) is 9.90 Å². The maximum Gasteiger partial charge on any atom is 0.167 e. The zero-order chi connectivity index (χ0) is 20.5. The molecule has 0 radical (unpaired) electrons. The van der Waals surface area contributed by atoms with Gasteiger partial charge in [0.2, 0.25) is 0 Å². The van der Waals surface area contributed by atoms with E-state index in [0.29, 0.717) is 12.8 Å². The Balaban J connectivity index is 3.60. The van der Waals surface area contributed by atoms with Gasteiger partial charge in [0.15, 0.2) is 5.78 Å². The largest absolute Gasteiger partial charge is 0.393 e. The lowest BCUT2D eigenvalue weighted by molar-refractivity contribution is -0.130. The number of aliphatic hydroxyl groups excluding tert-OH is 1. The third kappa shape index (κ3) is 12.4. The van der Waals surface area contributed by atoms with Gasteiger partial charge in [0, 0.05) is 6.42 Å². The number of Topliss-reactive ketones (excluding diaryl/α,β-unsaturated/α-hetero) is 1. The normalized spacial score (nSPS) is 15.4. The summed E-state index contributed by atoms with van der Waals surface area (Å²) in [5.74, 6) is 0.159. The average molecular weight is 383 g/mol. The van der Waals surface area contributed by atoms with E-state index < -0.39 is 5.66 Å². The summed E-state index contributed by atoms with van der Waals surface area (Å²) in [5, 5.41) is 9.91. The van der Waals surface area contributed by atoms with Gasteiger partial charge in [-0.1, -0.05) is 70.9 Å². The number of unbranched alkanes of at least 4 members (excludes halogenated alkanes) is 8. The molecule has 0 aliphatic carbocycles. The molecule has 0 fully saturated rings. The Bertz CT molecular complexity index is 396. The standard InChI is InChI=1S/C23H46N2O2/c1-5-7-8-15-18-21(26)19-16-13-11-9-10-12-14-17-20-22(27)23(24,6-2)25(3)4/h13,16,21,26H,5-12,14-15,17-20,24H2,1-4H3. The molecule has 0 aliphatic heterocycles. The lowest BCUT2D eigenvalue weighted by Crippen LogP contribution is -2.58. The van der Waals surface area contributed by atoms with Crippen molar-refractivity contribution in [2.75, 3.05) is 14.1 Å². The van der Waals surface area contributed by atoms with Crippen molar-refractivity contribution in [2.24, 2.45) is 5.73 Å². The number of hydrogen-bond donors (Lipinski definition) is 2. The third-order valence-corrected chi connectivity index (χ3v) is 5.56. The molecule has 0 aliphatic rings. The van der Waals surface area contributed by atoms with Crippen LogP contribution in [-0.2, 0) is 4.79 Å². The smallest absolute Gasteiger partial charge is 0.167 e. The van der Waals surface area contributed by atoms with Crippen molar-refractivity contribution in [3.8, 4) is 0 Å². The Morgan fingerprint density at radius 2 is 1.63 bits per heavy atom. The minimum Gasteiger partial charge on any atom is -0.393 e. The molecule has 2 unspecified atom stereocenters. The molecule has 160 valence electrons. The Labute approximate surface area is 168 Å². The fourth-order valence-corrected chi connectivity index (χ4v) is 3.35. The van der Waals surface area contributed by atoms with Gasteiger partial charge < -0.3 is 10.8 Å². The van der Waals surface area contributed by atoms with Crippen LogP contribution in [0.4, 0.5) is 0 Å². The van der Waals surface area contributed by atoms with Gasteiger partial charge in [-0.05, 0) is 52.6 Å². The molecule has 3 N–H and O–H groups in total. The maximum absolute atomic E-state index is 12.3. The first-order valence-electron chi connectivity index (χ1n) is 11.2. The predicted molar refractivity (Wildman–Crippen MR) is 117 cm³/mol. The van der Waals surface area contributed by atoms with Crippen molar-refractivity contribution in [2.45, 2.75) is 116 Å². The summed E-state index contributed by atoms with van der Waals surface area (Å²) in [7, 11) is 3.75. The molecule has 2 atom stereocenters. The first-order valence-corrected chi connectivity index (χ1v) is 11.2. The first-order chi connectivity index (χ1) is 12.9. The molecule has 0 saturated carbocycles. The second kappa shape index (κ2) is 16.3. The van der Waals surface area contributed by atoms with E-state index >= 15 is 0 Å². The van der Waals surface area contributed by atoms with Gasteiger partial charge in [0.05, 0.1) is 6.10 Å². The summed E-state index contributed by atoms with van der Waals surface area (Å²) in [4.78, 5) is 14.1. The monoisotopic (exact) mass is 382 g/mol. The summed E-state index contributed by atoms with van der Waals surface area (Å²) in [5.41, 5.74) is 5.40. The minimum atomic E-state index is -0.800. The molecule has 4 nitrogen and oxygen atoms in total. The quantitative estimate of drug-likeness (QED) is 0.194. The molecule has 27 heavy (non-hydrogen) atoms. The summed E-state index contributed by atoms with van der Waals surface area (Å²) in [6.45, 7) is 4.18. The second-order valence-corrected chi connectivity index (χ2v) is 8.11. The second-order valence-electron chi connectivity index (χ2n) is 8.11. The molecule has 0 amide bonds. The van der Waals surface area contributed by atoms with Gasteiger partial charge in [0.25, 0.3) is 0 Å². The zero-order valence-corrected chi connectivity index (χ0v) is 18.5. The van der Waals surface area contributed by atoms with Crippen LogP contribution in [0.3, 0.4) is 0 Å². The number of ketones is 1. The number of rotatable bonds is 18. The number of nitrogens with zero attached hydrogens (tertiary/aromatic N) is 1. The molecule has 0 bridgehead atoms. The van der Waals surface area contributed by atoms with Crippen LogP contribution in [0.5, 0.6) is 0 Å². The van der Waals surface area contributed by atoms with E-state index in [1.165, 1.54) is 38.5 Å². The van der Waals surface area contributed by atoms with Crippen LogP contribution in [0.1, 0.15) is 104 Å². The van der Waals surface area contributed by atoms with Crippen LogP contribution in [0, 0.1) is 0 Å². The van der Waals surface area contributed by atoms with E-state index in [2.05, 4.69) is 19.1 Å². The van der Waals surface area contributed by atoms with Gasteiger partial charge in [-0.3, -0.25) is 9.69 Å². The van der Waals surface area contributed by atoms with Crippen molar-refractivity contribution in [1.29, 1.82) is 0 Å². The Hall–Kier alpha value is -0.710. The molecule has 0 saturated heterocycles. The number of likely N-dealkylation sites (N-methyl/N-ethyl adjacent to an activating group) is 1. The molecule has 4 heteroatoms. The highest BCUT2D eigenvalue weighted by Crippen LogP contribution is 2.16. The van der Waals surface area contributed by atoms with Gasteiger partial charge in [-0.2, -0.15) is 0 Å². The van der Waals surface area contributed by atoms with E-state index in [4.69, 9.17) is 5.73 Å². The van der Waals surface area contributed by atoms with E-state index in [-0.39, 0.29) is 11.9 Å². The minimum absolute atomic E-state index is 0.159. The number of nitrogens with two attached hydrogens (primary N) is 1. The van der Waals surface area contributed by atoms with Crippen LogP contribution in [0.25, 0.3) is 0 Å². The molecule has 0 spiro atoms. The molecular weight excluding hydrogens is 336 g/mol. The Kier molecular flexibility index (Phi) is 15.8. The van der Waals surface area contributed by atoms with Crippen molar-refractivity contribution >= 4 is 5.78 Å². The molecule has 0 rings (SSSR count). The highest BCUT2D eigenvalue weighted by atomic mass is 16.3. The van der Waals surface area contributed by atoms with Gasteiger partial charge >= 0.3 is 0 Å². The number of carbonyl (C=O) groups is 1. The summed E-state index contributed by atoms with van der Waals surface area (Å²) < 4.78 is 0. The Morgan fingerprint density at radius 3 is 2.26 bits per heavy atom. The topological polar surface area (TPSA) is 66.6 Å². The fourth-order valence-electron chi connectivity index (χ4n) is 3.35. The van der Waals surface area contributed by atoms with Gasteiger partial charge in [-0.15, -0.1) is 0 Å². The highest BCUT2D eigenvalue weighted by molar-refractivity contribution is 5.87. The van der Waals surface area contributed by atoms with E-state index in [1.807, 2.05) is 25.9 Å². The number of hydrogen-bond acceptors (Lipinski definition) is 4.